The van der Waals surface area contributed by atoms with Crippen molar-refractivity contribution in [3.8, 4) is 0 Å². The summed E-state index contributed by atoms with van der Waals surface area (Å²) in [6.45, 7) is 2.24. The Kier molecular flexibility index (Phi) is 5.27. The summed E-state index contributed by atoms with van der Waals surface area (Å²) in [5.74, 6) is 0.725. The van der Waals surface area contributed by atoms with Crippen molar-refractivity contribution in [2.75, 3.05) is 36.4 Å². The number of pyridine rings is 1. The van der Waals surface area contributed by atoms with E-state index in [-0.39, 0.29) is 11.9 Å². The van der Waals surface area contributed by atoms with Crippen LogP contribution in [-0.4, -0.2) is 43.1 Å². The largest absolute Gasteiger partial charge is 0.353 e. The molecular weight excluding hydrogens is 326 g/mol. The highest BCUT2D eigenvalue weighted by Gasteiger charge is 2.17. The van der Waals surface area contributed by atoms with Crippen LogP contribution in [0.3, 0.4) is 0 Å². The lowest BCUT2D eigenvalue weighted by molar-refractivity contribution is -0.120. The molecule has 0 aliphatic carbocycles. The summed E-state index contributed by atoms with van der Waals surface area (Å²) >= 11 is 1.65. The number of thiophene rings is 1. The van der Waals surface area contributed by atoms with Gasteiger partial charge >= 0.3 is 6.03 Å². The smallest absolute Gasteiger partial charge is 0.319 e. The van der Waals surface area contributed by atoms with Gasteiger partial charge in [-0.3, -0.25) is 4.79 Å². The monoisotopic (exact) mass is 345 g/mol. The van der Waals surface area contributed by atoms with E-state index in [0.29, 0.717) is 25.3 Å². The van der Waals surface area contributed by atoms with Crippen LogP contribution in [0.4, 0.5) is 16.3 Å². The normalized spacial score (nSPS) is 14.2. The van der Waals surface area contributed by atoms with Crippen LogP contribution in [0.5, 0.6) is 0 Å². The zero-order valence-corrected chi connectivity index (χ0v) is 13.9. The van der Waals surface area contributed by atoms with Crippen LogP contribution in [0.2, 0.25) is 0 Å². The molecular formula is C16H19N5O2S. The Hall–Kier alpha value is -2.61. The lowest BCUT2D eigenvalue weighted by atomic mass is 10.2. The van der Waals surface area contributed by atoms with Crippen molar-refractivity contribution in [3.63, 3.8) is 0 Å². The molecule has 2 aromatic heterocycles. The predicted molar refractivity (Wildman–Crippen MR) is 94.5 cm³/mol. The van der Waals surface area contributed by atoms with Crippen molar-refractivity contribution >= 4 is 34.8 Å². The number of carbonyl (C=O) groups excluding carboxylic acids is 2. The average molecular weight is 345 g/mol. The molecule has 0 radical (unpaired) electrons. The second kappa shape index (κ2) is 7.78. The second-order valence-electron chi connectivity index (χ2n) is 5.44. The van der Waals surface area contributed by atoms with Crippen LogP contribution in [0, 0.1) is 0 Å². The van der Waals surface area contributed by atoms with E-state index in [1.165, 1.54) is 5.56 Å². The summed E-state index contributed by atoms with van der Waals surface area (Å²) in [6.07, 6.45) is 2.41. The molecule has 3 N–H and O–H groups in total. The number of hydrogen-bond donors (Lipinski definition) is 3. The van der Waals surface area contributed by atoms with Gasteiger partial charge in [-0.1, -0.05) is 0 Å². The SMILES string of the molecule is O=C1CN(c2ccc(NC(=O)NCCc3ccsc3)cn2)CCN1. The van der Waals surface area contributed by atoms with Gasteiger partial charge in [0.05, 0.1) is 18.4 Å². The Morgan fingerprint density at radius 3 is 3.00 bits per heavy atom. The number of piperazine rings is 1. The number of urea groups is 1. The fourth-order valence-corrected chi connectivity index (χ4v) is 3.11. The molecule has 3 heterocycles. The van der Waals surface area contributed by atoms with Crippen molar-refractivity contribution in [2.45, 2.75) is 6.42 Å². The summed E-state index contributed by atoms with van der Waals surface area (Å²) in [5.41, 5.74) is 1.84. The van der Waals surface area contributed by atoms with Gasteiger partial charge in [-0.05, 0) is 40.9 Å². The van der Waals surface area contributed by atoms with Gasteiger partial charge in [0.1, 0.15) is 5.82 Å². The molecule has 3 rings (SSSR count). The third-order valence-electron chi connectivity index (χ3n) is 3.65. The van der Waals surface area contributed by atoms with Crippen LogP contribution >= 0.6 is 11.3 Å². The topological polar surface area (TPSA) is 86.4 Å². The van der Waals surface area contributed by atoms with Crippen molar-refractivity contribution in [3.05, 3.63) is 40.7 Å². The molecule has 2 aromatic rings. The molecule has 126 valence electrons. The summed E-state index contributed by atoms with van der Waals surface area (Å²) in [7, 11) is 0. The molecule has 1 aliphatic rings. The van der Waals surface area contributed by atoms with Crippen molar-refractivity contribution in [2.24, 2.45) is 0 Å². The Morgan fingerprint density at radius 2 is 2.29 bits per heavy atom. The van der Waals surface area contributed by atoms with Crippen molar-refractivity contribution in [1.29, 1.82) is 0 Å². The van der Waals surface area contributed by atoms with Crippen LogP contribution in [0.25, 0.3) is 0 Å². The number of hydrogen-bond acceptors (Lipinski definition) is 5. The highest BCUT2D eigenvalue weighted by atomic mass is 32.1. The summed E-state index contributed by atoms with van der Waals surface area (Å²) in [5, 5.41) is 12.4. The highest BCUT2D eigenvalue weighted by Crippen LogP contribution is 2.14. The molecule has 8 heteroatoms. The third kappa shape index (κ3) is 4.45. The molecule has 1 aliphatic heterocycles. The number of nitrogens with zero attached hydrogens (tertiary/aromatic N) is 2. The summed E-state index contributed by atoms with van der Waals surface area (Å²) in [4.78, 5) is 29.5. The zero-order valence-electron chi connectivity index (χ0n) is 13.1. The van der Waals surface area contributed by atoms with Gasteiger partial charge in [-0.25, -0.2) is 9.78 Å². The summed E-state index contributed by atoms with van der Waals surface area (Å²) in [6, 6.07) is 5.39. The maximum atomic E-state index is 11.9. The minimum absolute atomic E-state index is 0.00440. The molecule has 1 saturated heterocycles. The van der Waals surface area contributed by atoms with E-state index in [0.717, 1.165) is 18.8 Å². The minimum Gasteiger partial charge on any atom is -0.353 e. The van der Waals surface area contributed by atoms with Gasteiger partial charge in [0, 0.05) is 19.6 Å². The Morgan fingerprint density at radius 1 is 1.38 bits per heavy atom. The number of anilines is 2. The van der Waals surface area contributed by atoms with E-state index in [4.69, 9.17) is 0 Å². The first-order valence-electron chi connectivity index (χ1n) is 7.74. The van der Waals surface area contributed by atoms with E-state index in [1.54, 1.807) is 29.7 Å². The van der Waals surface area contributed by atoms with E-state index >= 15 is 0 Å². The van der Waals surface area contributed by atoms with Gasteiger partial charge < -0.3 is 20.9 Å². The Bertz CT molecular complexity index is 687. The quantitative estimate of drug-likeness (QED) is 0.765. The average Bonchev–Trinajstić information content (AvgIpc) is 3.09. The molecule has 24 heavy (non-hydrogen) atoms. The maximum absolute atomic E-state index is 11.9. The molecule has 0 aromatic carbocycles. The van der Waals surface area contributed by atoms with E-state index in [2.05, 4.69) is 26.3 Å². The number of rotatable bonds is 5. The van der Waals surface area contributed by atoms with Gasteiger partial charge in [0.25, 0.3) is 0 Å². The zero-order chi connectivity index (χ0) is 16.8. The fraction of sp³-hybridized carbons (Fsp3) is 0.312. The molecule has 0 atom stereocenters. The van der Waals surface area contributed by atoms with Crippen molar-refractivity contribution < 1.29 is 9.59 Å². The van der Waals surface area contributed by atoms with Crippen molar-refractivity contribution in [1.82, 2.24) is 15.6 Å². The molecule has 0 bridgehead atoms. The number of carbonyl (C=O) groups is 2. The molecule has 0 spiro atoms. The first-order chi connectivity index (χ1) is 11.7. The lowest BCUT2D eigenvalue weighted by Crippen LogP contribution is -2.48. The van der Waals surface area contributed by atoms with Crippen LogP contribution in [-0.2, 0) is 11.2 Å². The van der Waals surface area contributed by atoms with Gasteiger partial charge in [-0.2, -0.15) is 11.3 Å². The lowest BCUT2D eigenvalue weighted by Gasteiger charge is -2.27. The van der Waals surface area contributed by atoms with Crippen LogP contribution in [0.15, 0.2) is 35.2 Å². The van der Waals surface area contributed by atoms with E-state index < -0.39 is 0 Å². The molecule has 3 amide bonds. The molecule has 0 unspecified atom stereocenters. The minimum atomic E-state index is -0.253. The number of amides is 3. The maximum Gasteiger partial charge on any atom is 0.319 e. The molecule has 0 saturated carbocycles. The predicted octanol–water partition coefficient (Wildman–Crippen LogP) is 1.44. The Labute approximate surface area is 144 Å². The van der Waals surface area contributed by atoms with Gasteiger partial charge in [0.15, 0.2) is 0 Å². The highest BCUT2D eigenvalue weighted by molar-refractivity contribution is 7.07. The fourth-order valence-electron chi connectivity index (χ4n) is 2.41. The summed E-state index contributed by atoms with van der Waals surface area (Å²) < 4.78 is 0. The standard InChI is InChI=1S/C16H19N5O2S/c22-15-10-21(7-6-17-15)14-2-1-13(9-19-14)20-16(23)18-5-3-12-4-8-24-11-12/h1-2,4,8-9,11H,3,5-7,10H2,(H,17,22)(H2,18,20,23). The third-order valence-corrected chi connectivity index (χ3v) is 4.38. The van der Waals surface area contributed by atoms with Crippen LogP contribution in [0.1, 0.15) is 5.56 Å². The van der Waals surface area contributed by atoms with E-state index in [9.17, 15) is 9.59 Å². The number of aromatic nitrogens is 1. The first kappa shape index (κ1) is 16.3. The van der Waals surface area contributed by atoms with Gasteiger partial charge in [-0.15, -0.1) is 0 Å². The Balaban J connectivity index is 1.46. The van der Waals surface area contributed by atoms with Gasteiger partial charge in [0.2, 0.25) is 5.91 Å². The number of nitrogens with one attached hydrogen (secondary N) is 3. The van der Waals surface area contributed by atoms with E-state index in [1.807, 2.05) is 16.3 Å². The van der Waals surface area contributed by atoms with Crippen LogP contribution < -0.4 is 20.9 Å². The second-order valence-corrected chi connectivity index (χ2v) is 6.22. The molecule has 7 nitrogen and oxygen atoms in total. The first-order valence-corrected chi connectivity index (χ1v) is 8.68. The molecule has 1 fully saturated rings.